The average Bonchev–Trinajstić information content (AvgIpc) is 2.53. The van der Waals surface area contributed by atoms with E-state index < -0.39 is 11.9 Å². The van der Waals surface area contributed by atoms with Crippen LogP contribution in [0.25, 0.3) is 0 Å². The Morgan fingerprint density at radius 3 is 2.45 bits per heavy atom. The number of benzene rings is 1. The molecule has 1 saturated carbocycles. The van der Waals surface area contributed by atoms with Gasteiger partial charge in [0, 0.05) is 0 Å². The van der Waals surface area contributed by atoms with Gasteiger partial charge in [0.15, 0.2) is 0 Å². The first-order valence-corrected chi connectivity index (χ1v) is 8.07. The number of ether oxygens (including phenoxy) is 1. The Kier molecular flexibility index (Phi) is 6.44. The van der Waals surface area contributed by atoms with E-state index >= 15 is 0 Å². The van der Waals surface area contributed by atoms with Crippen LogP contribution in [0.3, 0.4) is 0 Å². The Balaban J connectivity index is 1.88. The first-order valence-electron chi connectivity index (χ1n) is 8.07. The molecule has 4 nitrogen and oxygen atoms in total. The molecule has 0 aliphatic heterocycles. The van der Waals surface area contributed by atoms with Gasteiger partial charge in [-0.2, -0.15) is 0 Å². The predicted octanol–water partition coefficient (Wildman–Crippen LogP) is 3.79. The van der Waals surface area contributed by atoms with Crippen LogP contribution >= 0.6 is 0 Å². The molecule has 2 rings (SSSR count). The number of hydrogen-bond donors (Lipinski definition) is 1. The second-order valence-electron chi connectivity index (χ2n) is 6.13. The molecule has 1 atom stereocenters. The van der Waals surface area contributed by atoms with Gasteiger partial charge in [0.2, 0.25) is 0 Å². The molecule has 0 amide bonds. The second kappa shape index (κ2) is 8.57. The summed E-state index contributed by atoms with van der Waals surface area (Å²) in [7, 11) is 0. The van der Waals surface area contributed by atoms with Crippen molar-refractivity contribution in [3.63, 3.8) is 0 Å². The number of aliphatic carboxylic acids is 1. The lowest BCUT2D eigenvalue weighted by Crippen LogP contribution is -2.24. The number of carbonyl (C=O) groups excluding carboxylic acids is 1. The molecule has 1 aromatic rings. The number of carboxylic acids is 1. The smallest absolute Gasteiger partial charge is 0.309 e. The van der Waals surface area contributed by atoms with Crippen LogP contribution in [0, 0.1) is 11.8 Å². The molecule has 4 heteroatoms. The monoisotopic (exact) mass is 304 g/mol. The van der Waals surface area contributed by atoms with E-state index in [4.69, 9.17) is 9.84 Å². The van der Waals surface area contributed by atoms with Crippen LogP contribution in [-0.4, -0.2) is 17.0 Å². The zero-order valence-electron chi connectivity index (χ0n) is 12.9. The number of carboxylic acid groups (broad SMARTS) is 1. The summed E-state index contributed by atoms with van der Waals surface area (Å²) in [5.74, 6) is -1.37. The van der Waals surface area contributed by atoms with E-state index in [0.717, 1.165) is 18.4 Å². The van der Waals surface area contributed by atoms with Gasteiger partial charge >= 0.3 is 11.9 Å². The third-order valence-electron chi connectivity index (χ3n) is 4.32. The summed E-state index contributed by atoms with van der Waals surface area (Å²) < 4.78 is 5.33. The molecule has 120 valence electrons. The van der Waals surface area contributed by atoms with Crippen LogP contribution in [0.5, 0.6) is 0 Å². The maximum Gasteiger partial charge on any atom is 0.309 e. The summed E-state index contributed by atoms with van der Waals surface area (Å²) in [6.07, 6.45) is 6.32. The van der Waals surface area contributed by atoms with Gasteiger partial charge < -0.3 is 9.84 Å². The molecule has 0 radical (unpaired) electrons. The van der Waals surface area contributed by atoms with Crippen molar-refractivity contribution in [1.29, 1.82) is 0 Å². The molecule has 0 saturated heterocycles. The first-order chi connectivity index (χ1) is 10.6. The Bertz CT molecular complexity index is 477. The van der Waals surface area contributed by atoms with Gasteiger partial charge in [-0.1, -0.05) is 62.4 Å². The van der Waals surface area contributed by atoms with E-state index in [1.807, 2.05) is 30.3 Å². The Morgan fingerprint density at radius 2 is 1.82 bits per heavy atom. The molecule has 0 bridgehead atoms. The van der Waals surface area contributed by atoms with Crippen molar-refractivity contribution in [2.75, 3.05) is 0 Å². The largest absolute Gasteiger partial charge is 0.481 e. The first kappa shape index (κ1) is 16.5. The van der Waals surface area contributed by atoms with E-state index in [0.29, 0.717) is 12.3 Å². The van der Waals surface area contributed by atoms with E-state index in [1.54, 1.807) is 0 Å². The molecule has 0 aromatic heterocycles. The second-order valence-corrected chi connectivity index (χ2v) is 6.13. The van der Waals surface area contributed by atoms with Crippen LogP contribution in [0.1, 0.15) is 50.5 Å². The van der Waals surface area contributed by atoms with Gasteiger partial charge in [0.25, 0.3) is 0 Å². The third-order valence-corrected chi connectivity index (χ3v) is 4.32. The van der Waals surface area contributed by atoms with E-state index in [-0.39, 0.29) is 19.0 Å². The lowest BCUT2D eigenvalue weighted by molar-refractivity contribution is -0.155. The number of hydrogen-bond acceptors (Lipinski definition) is 3. The lowest BCUT2D eigenvalue weighted by Gasteiger charge is -2.25. The minimum atomic E-state index is -0.933. The highest BCUT2D eigenvalue weighted by Crippen LogP contribution is 2.30. The molecule has 1 aliphatic rings. The predicted molar refractivity (Wildman–Crippen MR) is 83.2 cm³/mol. The zero-order valence-corrected chi connectivity index (χ0v) is 12.9. The van der Waals surface area contributed by atoms with Gasteiger partial charge in [0.1, 0.15) is 6.61 Å². The molecule has 1 aliphatic carbocycles. The molecule has 0 heterocycles. The topological polar surface area (TPSA) is 63.6 Å². The SMILES string of the molecule is O=C(O)C[C@H](CC1CCCCC1)C(=O)OCc1ccccc1. The fraction of sp³-hybridized carbons (Fsp3) is 0.556. The minimum absolute atomic E-state index is 0.135. The Labute approximate surface area is 131 Å². The fourth-order valence-electron chi connectivity index (χ4n) is 3.15. The molecule has 1 N–H and O–H groups in total. The maximum absolute atomic E-state index is 12.2. The van der Waals surface area contributed by atoms with E-state index in [9.17, 15) is 9.59 Å². The van der Waals surface area contributed by atoms with Crippen LogP contribution < -0.4 is 0 Å². The average molecular weight is 304 g/mol. The number of carbonyl (C=O) groups is 2. The van der Waals surface area contributed by atoms with Crippen LogP contribution in [0.15, 0.2) is 30.3 Å². The highest BCUT2D eigenvalue weighted by atomic mass is 16.5. The highest BCUT2D eigenvalue weighted by molar-refractivity contribution is 5.79. The standard InChI is InChI=1S/C18H24O4/c19-17(20)12-16(11-14-7-3-1-4-8-14)18(21)22-13-15-9-5-2-6-10-15/h2,5-6,9-10,14,16H,1,3-4,7-8,11-13H2,(H,19,20)/t16-/m0/s1. The van der Waals surface area contributed by atoms with Gasteiger partial charge in [0.05, 0.1) is 12.3 Å². The third kappa shape index (κ3) is 5.51. The maximum atomic E-state index is 12.2. The summed E-state index contributed by atoms with van der Waals surface area (Å²) in [4.78, 5) is 23.3. The normalized spacial score (nSPS) is 16.9. The number of rotatable bonds is 7. The van der Waals surface area contributed by atoms with Gasteiger partial charge in [-0.3, -0.25) is 9.59 Å². The summed E-state index contributed by atoms with van der Waals surface area (Å²) in [5, 5.41) is 9.04. The Hall–Kier alpha value is -1.84. The minimum Gasteiger partial charge on any atom is -0.481 e. The molecule has 0 spiro atoms. The van der Waals surface area contributed by atoms with Gasteiger partial charge in [-0.25, -0.2) is 0 Å². The van der Waals surface area contributed by atoms with Crippen molar-refractivity contribution in [1.82, 2.24) is 0 Å². The zero-order chi connectivity index (χ0) is 15.8. The summed E-state index contributed by atoms with van der Waals surface area (Å²) in [5.41, 5.74) is 0.919. The van der Waals surface area contributed by atoms with Crippen LogP contribution in [0.2, 0.25) is 0 Å². The molecule has 1 aromatic carbocycles. The Morgan fingerprint density at radius 1 is 1.14 bits per heavy atom. The van der Waals surface area contributed by atoms with Gasteiger partial charge in [-0.05, 0) is 17.9 Å². The van der Waals surface area contributed by atoms with Crippen molar-refractivity contribution in [3.8, 4) is 0 Å². The summed E-state index contributed by atoms with van der Waals surface area (Å²) >= 11 is 0. The van der Waals surface area contributed by atoms with E-state index in [1.165, 1.54) is 19.3 Å². The highest BCUT2D eigenvalue weighted by Gasteiger charge is 2.27. The van der Waals surface area contributed by atoms with Crippen molar-refractivity contribution >= 4 is 11.9 Å². The molecule has 22 heavy (non-hydrogen) atoms. The molecular formula is C18H24O4. The van der Waals surface area contributed by atoms with Crippen molar-refractivity contribution in [2.45, 2.75) is 51.6 Å². The van der Waals surface area contributed by atoms with E-state index in [2.05, 4.69) is 0 Å². The van der Waals surface area contributed by atoms with Crippen molar-refractivity contribution in [3.05, 3.63) is 35.9 Å². The summed E-state index contributed by atoms with van der Waals surface area (Å²) in [6.45, 7) is 0.209. The van der Waals surface area contributed by atoms with Crippen molar-refractivity contribution < 1.29 is 19.4 Å². The van der Waals surface area contributed by atoms with Crippen LogP contribution in [0.4, 0.5) is 0 Å². The van der Waals surface area contributed by atoms with Gasteiger partial charge in [-0.15, -0.1) is 0 Å². The summed E-state index contributed by atoms with van der Waals surface area (Å²) in [6, 6.07) is 9.46. The van der Waals surface area contributed by atoms with Crippen molar-refractivity contribution in [2.24, 2.45) is 11.8 Å². The quantitative estimate of drug-likeness (QED) is 0.778. The molecule has 0 unspecified atom stereocenters. The van der Waals surface area contributed by atoms with Crippen LogP contribution in [-0.2, 0) is 20.9 Å². The number of esters is 1. The molecule has 1 fully saturated rings. The molecular weight excluding hydrogens is 280 g/mol. The fourth-order valence-corrected chi connectivity index (χ4v) is 3.15. The lowest BCUT2D eigenvalue weighted by atomic mass is 9.82.